The lowest BCUT2D eigenvalue weighted by molar-refractivity contribution is 0.0418. The molecular weight excluding hydrogens is 285 g/mol. The van der Waals surface area contributed by atoms with Crippen molar-refractivity contribution in [2.75, 3.05) is 26.8 Å². The van der Waals surface area contributed by atoms with Crippen molar-refractivity contribution in [2.24, 2.45) is 0 Å². The average molecular weight is 302 g/mol. The Morgan fingerprint density at radius 3 is 2.74 bits per heavy atom. The van der Waals surface area contributed by atoms with Crippen LogP contribution in [0.1, 0.15) is 23.2 Å². The number of carbonyl (C=O) groups is 1. The number of nitrogens with zero attached hydrogens (tertiary/aromatic N) is 1. The van der Waals surface area contributed by atoms with Crippen molar-refractivity contribution in [3.8, 4) is 0 Å². The number of hydrogen-bond donors (Lipinski definition) is 0. The second-order valence-electron chi connectivity index (χ2n) is 4.81. The monoisotopic (exact) mass is 301 g/mol. The molecule has 0 saturated carbocycles. The molecule has 1 aromatic carbocycles. The van der Waals surface area contributed by atoms with Gasteiger partial charge in [0.2, 0.25) is 0 Å². The highest BCUT2D eigenvalue weighted by atomic mass is 35.5. The van der Waals surface area contributed by atoms with Crippen LogP contribution in [-0.4, -0.2) is 43.5 Å². The zero-order chi connectivity index (χ0) is 13.8. The molecule has 1 aliphatic heterocycles. The number of Topliss-reactive ketones (excluding diaryl/α,β-unsaturated/α-hetero) is 1. The molecule has 0 spiro atoms. The van der Waals surface area contributed by atoms with E-state index in [4.69, 9.17) is 27.9 Å². The molecule has 1 heterocycles. The molecule has 0 radical (unpaired) electrons. The van der Waals surface area contributed by atoms with Crippen LogP contribution in [0.4, 0.5) is 0 Å². The van der Waals surface area contributed by atoms with Crippen LogP contribution in [-0.2, 0) is 4.74 Å². The van der Waals surface area contributed by atoms with E-state index in [-0.39, 0.29) is 5.78 Å². The molecule has 0 N–H and O–H groups in total. The van der Waals surface area contributed by atoms with Crippen LogP contribution >= 0.6 is 23.2 Å². The Kier molecular flexibility index (Phi) is 5.22. The molecule has 3 nitrogen and oxygen atoms in total. The van der Waals surface area contributed by atoms with Gasteiger partial charge in [-0.1, -0.05) is 23.2 Å². The summed E-state index contributed by atoms with van der Waals surface area (Å²) in [6.07, 6.45) is 1.93. The highest BCUT2D eigenvalue weighted by molar-refractivity contribution is 6.36. The van der Waals surface area contributed by atoms with Gasteiger partial charge in [-0.25, -0.2) is 0 Å². The van der Waals surface area contributed by atoms with Gasteiger partial charge in [0.1, 0.15) is 0 Å². The number of carbonyl (C=O) groups excluding carboxylic acids is 1. The molecule has 5 heteroatoms. The van der Waals surface area contributed by atoms with Crippen molar-refractivity contribution >= 4 is 29.0 Å². The van der Waals surface area contributed by atoms with Crippen molar-refractivity contribution in [2.45, 2.75) is 18.9 Å². The first-order chi connectivity index (χ1) is 9.08. The van der Waals surface area contributed by atoms with Gasteiger partial charge < -0.3 is 4.74 Å². The summed E-state index contributed by atoms with van der Waals surface area (Å²) < 4.78 is 5.32. The van der Waals surface area contributed by atoms with Gasteiger partial charge >= 0.3 is 0 Å². The topological polar surface area (TPSA) is 29.5 Å². The summed E-state index contributed by atoms with van der Waals surface area (Å²) in [6, 6.07) is 5.37. The quantitative estimate of drug-likeness (QED) is 0.799. The average Bonchev–Trinajstić information content (AvgIpc) is 2.42. The first-order valence-electron chi connectivity index (χ1n) is 6.34. The summed E-state index contributed by atoms with van der Waals surface area (Å²) in [5.74, 6) is 0.00138. The molecule has 1 saturated heterocycles. The number of rotatable bonds is 4. The second kappa shape index (κ2) is 6.71. The lowest BCUT2D eigenvalue weighted by atomic mass is 10.1. The molecule has 1 aliphatic rings. The summed E-state index contributed by atoms with van der Waals surface area (Å²) in [4.78, 5) is 14.3. The maximum atomic E-state index is 12.3. The minimum Gasteiger partial charge on any atom is -0.381 e. The number of likely N-dealkylation sites (N-methyl/N-ethyl adjacent to an activating group) is 1. The first-order valence-corrected chi connectivity index (χ1v) is 7.10. The van der Waals surface area contributed by atoms with Crippen LogP contribution < -0.4 is 0 Å². The van der Waals surface area contributed by atoms with E-state index < -0.39 is 0 Å². The molecule has 104 valence electrons. The zero-order valence-corrected chi connectivity index (χ0v) is 12.4. The van der Waals surface area contributed by atoms with E-state index in [0.29, 0.717) is 28.2 Å². The lowest BCUT2D eigenvalue weighted by Gasteiger charge is -2.30. The van der Waals surface area contributed by atoms with Crippen LogP contribution in [0.25, 0.3) is 0 Å². The maximum absolute atomic E-state index is 12.3. The zero-order valence-electron chi connectivity index (χ0n) is 10.9. The van der Waals surface area contributed by atoms with E-state index in [0.717, 1.165) is 26.1 Å². The minimum absolute atomic E-state index is 0.00138. The van der Waals surface area contributed by atoms with Crippen molar-refractivity contribution in [1.82, 2.24) is 4.90 Å². The number of ether oxygens (including phenoxy) is 1. The third-order valence-electron chi connectivity index (χ3n) is 3.44. The predicted molar refractivity (Wildman–Crippen MR) is 77.3 cm³/mol. The third kappa shape index (κ3) is 3.93. The molecular formula is C14H17Cl2NO2. The standard InChI is InChI=1S/C14H17Cl2NO2/c1-17(11-4-6-19-7-5-11)9-14(18)12-8-10(15)2-3-13(12)16/h2-3,8,11H,4-7,9H2,1H3. The Hall–Kier alpha value is -0.610. The van der Waals surface area contributed by atoms with Crippen LogP contribution in [0, 0.1) is 0 Å². The highest BCUT2D eigenvalue weighted by Gasteiger charge is 2.21. The van der Waals surface area contributed by atoms with Gasteiger partial charge in [0.25, 0.3) is 0 Å². The van der Waals surface area contributed by atoms with Crippen LogP contribution in [0.5, 0.6) is 0 Å². The molecule has 2 rings (SSSR count). The molecule has 0 aliphatic carbocycles. The normalized spacial score (nSPS) is 16.8. The van der Waals surface area contributed by atoms with E-state index in [9.17, 15) is 4.79 Å². The Morgan fingerprint density at radius 2 is 2.05 bits per heavy atom. The Morgan fingerprint density at radius 1 is 1.37 bits per heavy atom. The summed E-state index contributed by atoms with van der Waals surface area (Å²) >= 11 is 11.9. The molecule has 0 bridgehead atoms. The molecule has 1 aromatic rings. The fourth-order valence-corrected chi connectivity index (χ4v) is 2.67. The SMILES string of the molecule is CN(CC(=O)c1cc(Cl)ccc1Cl)C1CCOCC1. The Labute approximate surface area is 123 Å². The summed E-state index contributed by atoms with van der Waals surface area (Å²) in [5.41, 5.74) is 0.494. The molecule has 0 unspecified atom stereocenters. The van der Waals surface area contributed by atoms with Crippen LogP contribution in [0.3, 0.4) is 0 Å². The number of ketones is 1. The largest absolute Gasteiger partial charge is 0.381 e. The molecule has 0 atom stereocenters. The fourth-order valence-electron chi connectivity index (χ4n) is 2.28. The summed E-state index contributed by atoms with van der Waals surface area (Å²) in [6.45, 7) is 1.88. The first kappa shape index (κ1) is 14.8. The third-order valence-corrected chi connectivity index (χ3v) is 4.00. The molecule has 19 heavy (non-hydrogen) atoms. The fraction of sp³-hybridized carbons (Fsp3) is 0.500. The van der Waals surface area contributed by atoms with Gasteiger partial charge in [0.15, 0.2) is 5.78 Å². The van der Waals surface area contributed by atoms with Gasteiger partial charge in [0.05, 0.1) is 11.6 Å². The van der Waals surface area contributed by atoms with Crippen LogP contribution in [0.2, 0.25) is 10.0 Å². The molecule has 0 amide bonds. The predicted octanol–water partition coefficient (Wildman–Crippen LogP) is 3.29. The minimum atomic E-state index is 0.00138. The summed E-state index contributed by atoms with van der Waals surface area (Å²) in [5, 5.41) is 0.983. The van der Waals surface area contributed by atoms with Gasteiger partial charge in [-0.3, -0.25) is 9.69 Å². The Balaban J connectivity index is 2.01. The number of hydrogen-bond acceptors (Lipinski definition) is 3. The van der Waals surface area contributed by atoms with E-state index in [1.807, 2.05) is 7.05 Å². The van der Waals surface area contributed by atoms with E-state index >= 15 is 0 Å². The molecule has 0 aromatic heterocycles. The van der Waals surface area contributed by atoms with Gasteiger partial charge in [0, 0.05) is 29.8 Å². The highest BCUT2D eigenvalue weighted by Crippen LogP contribution is 2.22. The lowest BCUT2D eigenvalue weighted by Crippen LogP contribution is -2.39. The second-order valence-corrected chi connectivity index (χ2v) is 5.65. The van der Waals surface area contributed by atoms with E-state index in [1.54, 1.807) is 18.2 Å². The van der Waals surface area contributed by atoms with Crippen molar-refractivity contribution < 1.29 is 9.53 Å². The van der Waals surface area contributed by atoms with Gasteiger partial charge in [-0.2, -0.15) is 0 Å². The van der Waals surface area contributed by atoms with Crippen molar-refractivity contribution in [3.05, 3.63) is 33.8 Å². The smallest absolute Gasteiger partial charge is 0.178 e. The van der Waals surface area contributed by atoms with Gasteiger partial charge in [-0.05, 0) is 38.1 Å². The van der Waals surface area contributed by atoms with Crippen molar-refractivity contribution in [3.63, 3.8) is 0 Å². The molecule has 1 fully saturated rings. The van der Waals surface area contributed by atoms with E-state index in [1.165, 1.54) is 0 Å². The van der Waals surface area contributed by atoms with E-state index in [2.05, 4.69) is 4.90 Å². The van der Waals surface area contributed by atoms with Gasteiger partial charge in [-0.15, -0.1) is 0 Å². The van der Waals surface area contributed by atoms with Crippen LogP contribution in [0.15, 0.2) is 18.2 Å². The maximum Gasteiger partial charge on any atom is 0.178 e. The number of halogens is 2. The summed E-state index contributed by atoms with van der Waals surface area (Å²) in [7, 11) is 1.96. The van der Waals surface area contributed by atoms with Crippen molar-refractivity contribution in [1.29, 1.82) is 0 Å². The number of benzene rings is 1. The Bertz CT molecular complexity index is 459.